The van der Waals surface area contributed by atoms with Gasteiger partial charge in [-0.1, -0.05) is 30.3 Å². The Labute approximate surface area is 114 Å². The summed E-state index contributed by atoms with van der Waals surface area (Å²) in [6.07, 6.45) is 8.72. The number of benzene rings is 1. The first-order valence-electron chi connectivity index (χ1n) is 6.75. The molecule has 0 amide bonds. The summed E-state index contributed by atoms with van der Waals surface area (Å²) in [7, 11) is -0.440. The van der Waals surface area contributed by atoms with Crippen LogP contribution in [0.15, 0.2) is 30.3 Å². The van der Waals surface area contributed by atoms with Gasteiger partial charge < -0.3 is 0 Å². The first kappa shape index (κ1) is 14.0. The van der Waals surface area contributed by atoms with Crippen LogP contribution in [0, 0.1) is 0 Å². The fourth-order valence-corrected chi connectivity index (χ4v) is 4.33. The summed E-state index contributed by atoms with van der Waals surface area (Å²) < 4.78 is 0. The lowest BCUT2D eigenvalue weighted by atomic mass is 10.0. The van der Waals surface area contributed by atoms with Crippen LogP contribution in [0.3, 0.4) is 0 Å². The van der Waals surface area contributed by atoms with E-state index in [1.54, 1.807) is 0 Å². The minimum Gasteiger partial charge on any atom is -0.293 e. The molecule has 1 aliphatic rings. The molecular weight excluding hydrogens is 238 g/mol. The van der Waals surface area contributed by atoms with Crippen LogP contribution >= 0.6 is 10.0 Å². The maximum Gasteiger partial charge on any atom is 0.0239 e. The lowest BCUT2D eigenvalue weighted by Gasteiger charge is -2.33. The van der Waals surface area contributed by atoms with Crippen LogP contribution in [0.4, 0.5) is 0 Å². The van der Waals surface area contributed by atoms with Crippen LogP contribution in [0.25, 0.3) is 0 Å². The molecule has 1 unspecified atom stereocenters. The summed E-state index contributed by atoms with van der Waals surface area (Å²) in [5.74, 6) is 0. The van der Waals surface area contributed by atoms with Crippen molar-refractivity contribution in [1.29, 1.82) is 0 Å². The highest BCUT2D eigenvalue weighted by Crippen LogP contribution is 2.49. The second-order valence-electron chi connectivity index (χ2n) is 6.94. The first-order chi connectivity index (χ1) is 8.29. The van der Waals surface area contributed by atoms with E-state index in [1.165, 1.54) is 18.5 Å². The van der Waals surface area contributed by atoms with Crippen LogP contribution in [-0.2, 0) is 6.54 Å². The number of nitrogens with zero attached hydrogens (tertiary/aromatic N) is 1. The van der Waals surface area contributed by atoms with Gasteiger partial charge in [-0.15, -0.1) is 0 Å². The predicted molar refractivity (Wildman–Crippen MR) is 84.7 cm³/mol. The molecule has 0 saturated carbocycles. The average molecular weight is 265 g/mol. The van der Waals surface area contributed by atoms with Gasteiger partial charge >= 0.3 is 0 Å². The molecule has 1 nitrogen and oxygen atoms in total. The summed E-state index contributed by atoms with van der Waals surface area (Å²) in [6.45, 7) is 7.17. The summed E-state index contributed by atoms with van der Waals surface area (Å²) in [6, 6.07) is 10.9. The Kier molecular flexibility index (Phi) is 3.80. The zero-order chi connectivity index (χ0) is 13.4. The van der Waals surface area contributed by atoms with E-state index in [0.29, 0.717) is 5.54 Å². The zero-order valence-corrected chi connectivity index (χ0v) is 13.3. The molecule has 1 heterocycles. The van der Waals surface area contributed by atoms with Crippen molar-refractivity contribution in [3.63, 3.8) is 0 Å². The quantitative estimate of drug-likeness (QED) is 0.805. The maximum atomic E-state index is 2.67. The summed E-state index contributed by atoms with van der Waals surface area (Å²) in [5.41, 5.74) is 1.79. The SMILES string of the molecule is CC1(C)CC(S(C)(C)C)CN1Cc1ccccc1. The van der Waals surface area contributed by atoms with Crippen molar-refractivity contribution < 1.29 is 0 Å². The Hall–Kier alpha value is -0.470. The van der Waals surface area contributed by atoms with Crippen LogP contribution in [-0.4, -0.2) is 41.0 Å². The van der Waals surface area contributed by atoms with Gasteiger partial charge in [-0.3, -0.25) is 4.90 Å². The van der Waals surface area contributed by atoms with E-state index in [-0.39, 0.29) is 0 Å². The van der Waals surface area contributed by atoms with E-state index in [2.05, 4.69) is 67.8 Å². The molecule has 2 heteroatoms. The number of hydrogen-bond acceptors (Lipinski definition) is 1. The van der Waals surface area contributed by atoms with Gasteiger partial charge in [0.25, 0.3) is 0 Å². The van der Waals surface area contributed by atoms with E-state index in [4.69, 9.17) is 0 Å². The molecule has 0 aromatic heterocycles. The third-order valence-corrected chi connectivity index (χ3v) is 6.54. The van der Waals surface area contributed by atoms with E-state index in [0.717, 1.165) is 11.8 Å². The highest BCUT2D eigenvalue weighted by atomic mass is 32.3. The first-order valence-corrected chi connectivity index (χ1v) is 9.67. The fourth-order valence-electron chi connectivity index (χ4n) is 2.80. The standard InChI is InChI=1S/C16H27NS/c1-16(2)11-15(18(3,4)5)13-17(16)12-14-9-7-6-8-10-14/h6-10,15H,11-13H2,1-5H3. The lowest BCUT2D eigenvalue weighted by molar-refractivity contribution is 0.166. The Morgan fingerprint density at radius 2 is 1.78 bits per heavy atom. The lowest BCUT2D eigenvalue weighted by Crippen LogP contribution is -2.37. The van der Waals surface area contributed by atoms with Crippen LogP contribution in [0.5, 0.6) is 0 Å². The minimum absolute atomic E-state index is 0.348. The highest BCUT2D eigenvalue weighted by Gasteiger charge is 2.41. The topological polar surface area (TPSA) is 3.24 Å². The maximum absolute atomic E-state index is 2.67. The normalized spacial score (nSPS) is 25.3. The van der Waals surface area contributed by atoms with Crippen molar-refractivity contribution in [2.45, 2.75) is 37.6 Å². The largest absolute Gasteiger partial charge is 0.293 e. The molecule has 0 bridgehead atoms. The molecule has 1 aromatic carbocycles. The van der Waals surface area contributed by atoms with Gasteiger partial charge in [0.1, 0.15) is 0 Å². The molecule has 2 rings (SSSR count). The van der Waals surface area contributed by atoms with Gasteiger partial charge in [-0.2, -0.15) is 0 Å². The summed E-state index contributed by atoms with van der Waals surface area (Å²) >= 11 is 0. The van der Waals surface area contributed by atoms with Crippen LogP contribution in [0.1, 0.15) is 25.8 Å². The molecule has 102 valence electrons. The monoisotopic (exact) mass is 265 g/mol. The minimum atomic E-state index is -0.440. The van der Waals surface area contributed by atoms with Gasteiger partial charge in [0.05, 0.1) is 0 Å². The molecule has 0 spiro atoms. The molecule has 0 aliphatic carbocycles. The Balaban J connectivity index is 2.09. The second-order valence-corrected chi connectivity index (χ2v) is 11.5. The van der Waals surface area contributed by atoms with Crippen molar-refractivity contribution in [3.05, 3.63) is 35.9 Å². The molecule has 1 aromatic rings. The van der Waals surface area contributed by atoms with E-state index >= 15 is 0 Å². The molecular formula is C16H27NS. The zero-order valence-electron chi connectivity index (χ0n) is 12.4. The molecule has 1 fully saturated rings. The van der Waals surface area contributed by atoms with Crippen LogP contribution in [0.2, 0.25) is 0 Å². The third kappa shape index (κ3) is 3.10. The van der Waals surface area contributed by atoms with Gasteiger partial charge in [-0.05, 0) is 44.6 Å². The Morgan fingerprint density at radius 1 is 1.17 bits per heavy atom. The van der Waals surface area contributed by atoms with Gasteiger partial charge in [0.15, 0.2) is 0 Å². The Morgan fingerprint density at radius 3 is 2.28 bits per heavy atom. The van der Waals surface area contributed by atoms with E-state index < -0.39 is 10.0 Å². The van der Waals surface area contributed by atoms with Gasteiger partial charge in [-0.25, -0.2) is 10.0 Å². The van der Waals surface area contributed by atoms with E-state index in [9.17, 15) is 0 Å². The van der Waals surface area contributed by atoms with Crippen molar-refractivity contribution in [2.75, 3.05) is 25.3 Å². The Bertz CT molecular complexity index is 391. The molecule has 0 radical (unpaired) electrons. The summed E-state index contributed by atoms with van der Waals surface area (Å²) in [4.78, 5) is 2.67. The fraction of sp³-hybridized carbons (Fsp3) is 0.625. The van der Waals surface area contributed by atoms with Crippen molar-refractivity contribution in [1.82, 2.24) is 4.90 Å². The van der Waals surface area contributed by atoms with Crippen molar-refractivity contribution in [2.24, 2.45) is 0 Å². The van der Waals surface area contributed by atoms with E-state index in [1.807, 2.05) is 0 Å². The van der Waals surface area contributed by atoms with Crippen molar-refractivity contribution in [3.8, 4) is 0 Å². The predicted octanol–water partition coefficient (Wildman–Crippen LogP) is 3.73. The van der Waals surface area contributed by atoms with Gasteiger partial charge in [0.2, 0.25) is 0 Å². The number of rotatable bonds is 3. The highest BCUT2D eigenvalue weighted by molar-refractivity contribution is 8.32. The number of hydrogen-bond donors (Lipinski definition) is 0. The molecule has 1 aliphatic heterocycles. The number of likely N-dealkylation sites (tertiary alicyclic amines) is 1. The second kappa shape index (κ2) is 4.90. The van der Waals surface area contributed by atoms with Gasteiger partial charge in [0, 0.05) is 23.9 Å². The average Bonchev–Trinajstić information content (AvgIpc) is 2.56. The van der Waals surface area contributed by atoms with Crippen LogP contribution < -0.4 is 0 Å². The summed E-state index contributed by atoms with van der Waals surface area (Å²) in [5, 5.41) is 0.885. The molecule has 18 heavy (non-hydrogen) atoms. The molecule has 1 saturated heterocycles. The molecule has 1 atom stereocenters. The third-order valence-electron chi connectivity index (χ3n) is 4.22. The van der Waals surface area contributed by atoms with Crippen molar-refractivity contribution >= 4 is 10.0 Å². The smallest absolute Gasteiger partial charge is 0.0239 e. The molecule has 0 N–H and O–H groups in total.